The summed E-state index contributed by atoms with van der Waals surface area (Å²) in [5, 5.41) is 0. The van der Waals surface area contributed by atoms with E-state index in [4.69, 9.17) is 0 Å². The van der Waals surface area contributed by atoms with Crippen molar-refractivity contribution < 1.29 is 4.79 Å². The van der Waals surface area contributed by atoms with Crippen molar-refractivity contribution in [3.63, 3.8) is 0 Å². The van der Waals surface area contributed by atoms with Crippen LogP contribution in [-0.4, -0.2) is 29.5 Å². The van der Waals surface area contributed by atoms with Crippen molar-refractivity contribution in [1.29, 1.82) is 0 Å². The zero-order valence-electron chi connectivity index (χ0n) is 16.2. The highest BCUT2D eigenvalue weighted by Crippen LogP contribution is 2.25. The summed E-state index contributed by atoms with van der Waals surface area (Å²) in [6, 6.07) is 19.6. The van der Waals surface area contributed by atoms with Gasteiger partial charge in [-0.05, 0) is 50.6 Å². The van der Waals surface area contributed by atoms with Gasteiger partial charge in [-0.3, -0.25) is 4.79 Å². The average molecular weight is 360 g/mol. The largest absolute Gasteiger partial charge is 0.327 e. The molecule has 3 rings (SSSR count). The Morgan fingerprint density at radius 1 is 0.926 bits per heavy atom. The number of hydrogen-bond donors (Lipinski definition) is 0. The molecule has 2 aromatic carbocycles. The average Bonchev–Trinajstić information content (AvgIpc) is 2.68. The van der Waals surface area contributed by atoms with Gasteiger partial charge in [0.1, 0.15) is 17.3 Å². The molecule has 0 N–H and O–H groups in total. The van der Waals surface area contributed by atoms with Crippen molar-refractivity contribution in [2.24, 2.45) is 0 Å². The van der Waals surface area contributed by atoms with Crippen LogP contribution in [0.25, 0.3) is 0 Å². The predicted octanol–water partition coefficient (Wildman–Crippen LogP) is 4.53. The molecule has 0 aliphatic heterocycles. The number of aryl methyl sites for hydroxylation is 2. The number of benzene rings is 2. The van der Waals surface area contributed by atoms with E-state index in [0.29, 0.717) is 11.5 Å². The molecule has 0 saturated carbocycles. The molecule has 5 nitrogen and oxygen atoms in total. The third-order valence-corrected chi connectivity index (χ3v) is 4.40. The van der Waals surface area contributed by atoms with Crippen LogP contribution in [0.4, 0.5) is 17.2 Å². The van der Waals surface area contributed by atoms with E-state index in [1.54, 1.807) is 18.0 Å². The molecule has 0 atom stereocenters. The lowest BCUT2D eigenvalue weighted by Crippen LogP contribution is -2.28. The van der Waals surface area contributed by atoms with Gasteiger partial charge in [0, 0.05) is 31.0 Å². The minimum atomic E-state index is -0.159. The summed E-state index contributed by atoms with van der Waals surface area (Å²) in [5.41, 5.74) is 3.43. The second-order valence-corrected chi connectivity index (χ2v) is 6.44. The Hall–Kier alpha value is -3.21. The van der Waals surface area contributed by atoms with E-state index in [-0.39, 0.29) is 5.91 Å². The Morgan fingerprint density at radius 2 is 1.63 bits per heavy atom. The molecule has 3 aromatic rings. The van der Waals surface area contributed by atoms with Crippen molar-refractivity contribution in [3.05, 3.63) is 77.7 Å². The van der Waals surface area contributed by atoms with Gasteiger partial charge in [0.05, 0.1) is 0 Å². The summed E-state index contributed by atoms with van der Waals surface area (Å²) in [5.74, 6) is 1.14. The van der Waals surface area contributed by atoms with Crippen LogP contribution in [0.15, 0.2) is 60.7 Å². The highest BCUT2D eigenvalue weighted by atomic mass is 16.2. The van der Waals surface area contributed by atoms with Crippen LogP contribution in [0.2, 0.25) is 0 Å². The fourth-order valence-electron chi connectivity index (χ4n) is 3.01. The van der Waals surface area contributed by atoms with Gasteiger partial charge in [-0.2, -0.15) is 0 Å². The first kappa shape index (κ1) is 18.6. The quantitative estimate of drug-likeness (QED) is 0.671. The van der Waals surface area contributed by atoms with Crippen molar-refractivity contribution in [2.45, 2.75) is 20.8 Å². The van der Waals surface area contributed by atoms with Gasteiger partial charge in [0.15, 0.2) is 0 Å². The number of anilines is 3. The summed E-state index contributed by atoms with van der Waals surface area (Å²) in [6.07, 6.45) is 0. The lowest BCUT2D eigenvalue weighted by atomic mass is 10.2. The fourth-order valence-corrected chi connectivity index (χ4v) is 3.01. The van der Waals surface area contributed by atoms with Gasteiger partial charge in [-0.25, -0.2) is 9.97 Å². The maximum Gasteiger partial charge on any atom is 0.276 e. The zero-order chi connectivity index (χ0) is 19.4. The minimum absolute atomic E-state index is 0.159. The molecule has 5 heteroatoms. The first-order chi connectivity index (χ1) is 13.0. The maximum absolute atomic E-state index is 13.0. The van der Waals surface area contributed by atoms with E-state index < -0.39 is 0 Å². The lowest BCUT2D eigenvalue weighted by Gasteiger charge is -2.24. The Bertz CT molecular complexity index is 940. The van der Waals surface area contributed by atoms with E-state index in [2.05, 4.69) is 40.8 Å². The number of carbonyl (C=O) groups is 1. The molecule has 0 unspecified atom stereocenters. The van der Waals surface area contributed by atoms with E-state index in [1.165, 1.54) is 5.56 Å². The van der Waals surface area contributed by atoms with E-state index in [0.717, 1.165) is 23.7 Å². The second kappa shape index (κ2) is 7.99. The SMILES string of the molecule is CCN(c1cccc(C)c1)c1cc(C(=O)N(C)c2ccccc2)nc(C)n1. The van der Waals surface area contributed by atoms with Gasteiger partial charge in [-0.1, -0.05) is 30.3 Å². The van der Waals surface area contributed by atoms with Gasteiger partial charge in [0.25, 0.3) is 5.91 Å². The third kappa shape index (κ3) is 4.14. The molecule has 0 fully saturated rings. The highest BCUT2D eigenvalue weighted by Gasteiger charge is 2.19. The molecule has 0 spiro atoms. The second-order valence-electron chi connectivity index (χ2n) is 6.44. The number of rotatable bonds is 5. The van der Waals surface area contributed by atoms with Gasteiger partial charge in [-0.15, -0.1) is 0 Å². The molecule has 27 heavy (non-hydrogen) atoms. The minimum Gasteiger partial charge on any atom is -0.327 e. The molecule has 0 saturated heterocycles. The Kier molecular flexibility index (Phi) is 5.50. The number of carbonyl (C=O) groups excluding carboxylic acids is 1. The summed E-state index contributed by atoms with van der Waals surface area (Å²) in [4.78, 5) is 25.6. The lowest BCUT2D eigenvalue weighted by molar-refractivity contribution is 0.0988. The molecule has 0 radical (unpaired) electrons. The van der Waals surface area contributed by atoms with Crippen LogP contribution >= 0.6 is 0 Å². The van der Waals surface area contributed by atoms with Crippen molar-refractivity contribution in [1.82, 2.24) is 9.97 Å². The molecule has 1 aromatic heterocycles. The summed E-state index contributed by atoms with van der Waals surface area (Å²) in [6.45, 7) is 6.68. The van der Waals surface area contributed by atoms with Crippen LogP contribution in [0, 0.1) is 13.8 Å². The van der Waals surface area contributed by atoms with Crippen LogP contribution in [0.3, 0.4) is 0 Å². The normalized spacial score (nSPS) is 10.5. The predicted molar refractivity (Wildman–Crippen MR) is 110 cm³/mol. The molecular weight excluding hydrogens is 336 g/mol. The fraction of sp³-hybridized carbons (Fsp3) is 0.227. The Morgan fingerprint density at radius 3 is 2.30 bits per heavy atom. The summed E-state index contributed by atoms with van der Waals surface area (Å²) >= 11 is 0. The first-order valence-corrected chi connectivity index (χ1v) is 9.02. The Balaban J connectivity index is 1.97. The molecule has 0 aliphatic rings. The number of hydrogen-bond acceptors (Lipinski definition) is 4. The van der Waals surface area contributed by atoms with Crippen LogP contribution in [0.1, 0.15) is 28.8 Å². The van der Waals surface area contributed by atoms with Crippen molar-refractivity contribution in [3.8, 4) is 0 Å². The molecule has 138 valence electrons. The monoisotopic (exact) mass is 360 g/mol. The summed E-state index contributed by atoms with van der Waals surface area (Å²) in [7, 11) is 1.76. The molecule has 1 heterocycles. The maximum atomic E-state index is 13.0. The van der Waals surface area contributed by atoms with Crippen molar-refractivity contribution in [2.75, 3.05) is 23.4 Å². The summed E-state index contributed by atoms with van der Waals surface area (Å²) < 4.78 is 0. The van der Waals surface area contributed by atoms with E-state index >= 15 is 0 Å². The third-order valence-electron chi connectivity index (χ3n) is 4.40. The van der Waals surface area contributed by atoms with Crippen LogP contribution in [-0.2, 0) is 0 Å². The van der Waals surface area contributed by atoms with Crippen LogP contribution in [0.5, 0.6) is 0 Å². The van der Waals surface area contributed by atoms with Gasteiger partial charge >= 0.3 is 0 Å². The van der Waals surface area contributed by atoms with Gasteiger partial charge < -0.3 is 9.80 Å². The van der Waals surface area contributed by atoms with E-state index in [1.807, 2.05) is 49.4 Å². The van der Waals surface area contributed by atoms with Gasteiger partial charge in [0.2, 0.25) is 0 Å². The topological polar surface area (TPSA) is 49.3 Å². The van der Waals surface area contributed by atoms with Crippen molar-refractivity contribution >= 4 is 23.1 Å². The zero-order valence-corrected chi connectivity index (χ0v) is 16.2. The molecule has 0 bridgehead atoms. The number of nitrogens with zero attached hydrogens (tertiary/aromatic N) is 4. The van der Waals surface area contributed by atoms with E-state index in [9.17, 15) is 4.79 Å². The number of aromatic nitrogens is 2. The first-order valence-electron chi connectivity index (χ1n) is 9.02. The smallest absolute Gasteiger partial charge is 0.276 e. The molecular formula is C22H24N4O. The molecule has 0 aliphatic carbocycles. The number of para-hydroxylation sites is 1. The highest BCUT2D eigenvalue weighted by molar-refractivity contribution is 6.04. The number of amides is 1. The van der Waals surface area contributed by atoms with Crippen LogP contribution < -0.4 is 9.80 Å². The standard InChI is InChI=1S/C22H24N4O/c1-5-26(19-13-9-10-16(2)14-19)21-15-20(23-17(3)24-21)22(27)25(4)18-11-7-6-8-12-18/h6-15H,5H2,1-4H3. The molecule has 1 amide bonds. The Labute approximate surface area is 160 Å².